The first-order valence-electron chi connectivity index (χ1n) is 2.94. The summed E-state index contributed by atoms with van der Waals surface area (Å²) < 4.78 is 4.79. The minimum Gasteiger partial charge on any atom is -0.480 e. The van der Waals surface area contributed by atoms with Crippen LogP contribution in [-0.2, 0) is 0 Å². The third-order valence-electron chi connectivity index (χ3n) is 1.18. The van der Waals surface area contributed by atoms with Crippen molar-refractivity contribution >= 4 is 29.3 Å². The number of ether oxygens (including phenoxy) is 1. The van der Waals surface area contributed by atoms with E-state index >= 15 is 0 Å². The van der Waals surface area contributed by atoms with Crippen LogP contribution in [0.5, 0.6) is 5.88 Å². The molecule has 1 aromatic heterocycles. The molecule has 5 heteroatoms. The zero-order chi connectivity index (χ0) is 8.27. The average molecular weight is 208 g/mol. The Bertz CT molecular complexity index is 278. The van der Waals surface area contributed by atoms with E-state index in [1.54, 1.807) is 12.1 Å². The number of halogens is 2. The molecule has 1 heterocycles. The van der Waals surface area contributed by atoms with Crippen molar-refractivity contribution in [3.05, 3.63) is 23.9 Å². The van der Waals surface area contributed by atoms with Gasteiger partial charge in [-0.15, -0.1) is 12.4 Å². The standard InChI is InChI=1S/C7H6ClNO2.ClH/c1-11-7-5(6(8)10)3-2-4-9-7;/h2-4H,1H3;1H. The Morgan fingerprint density at radius 2 is 2.33 bits per heavy atom. The summed E-state index contributed by atoms with van der Waals surface area (Å²) in [4.78, 5) is 14.5. The molecule has 0 bridgehead atoms. The second-order valence-electron chi connectivity index (χ2n) is 1.83. The zero-order valence-electron chi connectivity index (χ0n) is 6.28. The first-order chi connectivity index (χ1) is 5.25. The number of hydrogen-bond acceptors (Lipinski definition) is 3. The molecule has 0 N–H and O–H groups in total. The second kappa shape index (κ2) is 4.95. The van der Waals surface area contributed by atoms with Crippen molar-refractivity contribution in [2.24, 2.45) is 0 Å². The van der Waals surface area contributed by atoms with Gasteiger partial charge < -0.3 is 4.74 Å². The van der Waals surface area contributed by atoms with Crippen LogP contribution in [0.25, 0.3) is 0 Å². The van der Waals surface area contributed by atoms with Crippen LogP contribution < -0.4 is 4.74 Å². The molecular weight excluding hydrogens is 201 g/mol. The normalized spacial score (nSPS) is 8.50. The zero-order valence-corrected chi connectivity index (χ0v) is 7.85. The lowest BCUT2D eigenvalue weighted by molar-refractivity contribution is 0.107. The smallest absolute Gasteiger partial charge is 0.257 e. The molecule has 0 saturated carbocycles. The predicted molar refractivity (Wildman–Crippen MR) is 48.2 cm³/mol. The SMILES string of the molecule is COc1ncccc1C(=O)Cl.Cl. The molecule has 3 nitrogen and oxygen atoms in total. The number of hydrogen-bond donors (Lipinski definition) is 0. The Kier molecular flexibility index (Phi) is 4.62. The van der Waals surface area contributed by atoms with Gasteiger partial charge in [0.2, 0.25) is 5.88 Å². The van der Waals surface area contributed by atoms with Gasteiger partial charge in [-0.3, -0.25) is 4.79 Å². The number of aromatic nitrogens is 1. The second-order valence-corrected chi connectivity index (χ2v) is 2.18. The van der Waals surface area contributed by atoms with Gasteiger partial charge in [0, 0.05) is 6.20 Å². The molecule has 0 aromatic carbocycles. The third-order valence-corrected chi connectivity index (χ3v) is 1.38. The predicted octanol–water partition coefficient (Wildman–Crippen LogP) is 1.89. The third kappa shape index (κ3) is 2.36. The first kappa shape index (κ1) is 11.2. The summed E-state index contributed by atoms with van der Waals surface area (Å²) in [6, 6.07) is 3.18. The molecule has 0 aliphatic heterocycles. The van der Waals surface area contributed by atoms with E-state index in [0.29, 0.717) is 0 Å². The number of carbonyl (C=O) groups is 1. The van der Waals surface area contributed by atoms with Crippen molar-refractivity contribution in [2.75, 3.05) is 7.11 Å². The molecule has 12 heavy (non-hydrogen) atoms. The summed E-state index contributed by atoms with van der Waals surface area (Å²) in [5.74, 6) is 0.257. The van der Waals surface area contributed by atoms with Crippen LogP contribution in [0.3, 0.4) is 0 Å². The maximum Gasteiger partial charge on any atom is 0.257 e. The topological polar surface area (TPSA) is 39.2 Å². The summed E-state index contributed by atoms with van der Waals surface area (Å²) in [7, 11) is 1.44. The van der Waals surface area contributed by atoms with Crippen LogP contribution in [0.2, 0.25) is 0 Å². The summed E-state index contributed by atoms with van der Waals surface area (Å²) in [5, 5.41) is -0.560. The molecule has 0 atom stereocenters. The molecule has 0 unspecified atom stereocenters. The maximum atomic E-state index is 10.7. The lowest BCUT2D eigenvalue weighted by Gasteiger charge is -2.00. The molecule has 0 amide bonds. The van der Waals surface area contributed by atoms with Crippen molar-refractivity contribution in [1.29, 1.82) is 0 Å². The quantitative estimate of drug-likeness (QED) is 0.696. The highest BCUT2D eigenvalue weighted by molar-refractivity contribution is 6.68. The Hall–Kier alpha value is -0.800. The minimum atomic E-state index is -0.560. The molecule has 1 rings (SSSR count). The van der Waals surface area contributed by atoms with Gasteiger partial charge in [-0.1, -0.05) is 0 Å². The Balaban J connectivity index is 0.00000121. The van der Waals surface area contributed by atoms with Gasteiger partial charge in [0.25, 0.3) is 5.24 Å². The first-order valence-corrected chi connectivity index (χ1v) is 3.32. The Morgan fingerprint density at radius 3 is 2.75 bits per heavy atom. The van der Waals surface area contributed by atoms with Crippen LogP contribution in [-0.4, -0.2) is 17.3 Å². The summed E-state index contributed by atoms with van der Waals surface area (Å²) in [6.07, 6.45) is 1.53. The number of pyridine rings is 1. The van der Waals surface area contributed by atoms with E-state index in [9.17, 15) is 4.79 Å². The fourth-order valence-corrected chi connectivity index (χ4v) is 0.847. The number of nitrogens with zero attached hydrogens (tertiary/aromatic N) is 1. The highest BCUT2D eigenvalue weighted by atomic mass is 35.5. The van der Waals surface area contributed by atoms with E-state index in [1.165, 1.54) is 13.3 Å². The minimum absolute atomic E-state index is 0. The molecule has 0 aliphatic carbocycles. The van der Waals surface area contributed by atoms with Crippen molar-refractivity contribution in [3.8, 4) is 5.88 Å². The van der Waals surface area contributed by atoms with E-state index in [1.807, 2.05) is 0 Å². The molecule has 0 saturated heterocycles. The fourth-order valence-electron chi connectivity index (χ4n) is 0.703. The van der Waals surface area contributed by atoms with Crippen LogP contribution >= 0.6 is 24.0 Å². The van der Waals surface area contributed by atoms with E-state index in [0.717, 1.165) is 0 Å². The van der Waals surface area contributed by atoms with Gasteiger partial charge in [0.05, 0.1) is 12.7 Å². The molecule has 1 aromatic rings. The largest absolute Gasteiger partial charge is 0.480 e. The van der Waals surface area contributed by atoms with Crippen molar-refractivity contribution in [3.63, 3.8) is 0 Å². The summed E-state index contributed by atoms with van der Waals surface area (Å²) in [5.41, 5.74) is 0.289. The van der Waals surface area contributed by atoms with E-state index < -0.39 is 5.24 Å². The number of rotatable bonds is 2. The van der Waals surface area contributed by atoms with Crippen LogP contribution in [0.1, 0.15) is 10.4 Å². The van der Waals surface area contributed by atoms with Crippen LogP contribution in [0, 0.1) is 0 Å². The van der Waals surface area contributed by atoms with Gasteiger partial charge >= 0.3 is 0 Å². The summed E-state index contributed by atoms with van der Waals surface area (Å²) >= 11 is 5.23. The average Bonchev–Trinajstić information content (AvgIpc) is 2.04. The Morgan fingerprint density at radius 1 is 1.67 bits per heavy atom. The lowest BCUT2D eigenvalue weighted by Crippen LogP contribution is -1.96. The van der Waals surface area contributed by atoms with E-state index in [-0.39, 0.29) is 23.9 Å². The van der Waals surface area contributed by atoms with E-state index in [4.69, 9.17) is 16.3 Å². The fraction of sp³-hybridized carbons (Fsp3) is 0.143. The van der Waals surface area contributed by atoms with Crippen LogP contribution in [0.4, 0.5) is 0 Å². The molecule has 0 aliphatic rings. The van der Waals surface area contributed by atoms with Crippen molar-refractivity contribution in [1.82, 2.24) is 4.98 Å². The molecule has 66 valence electrons. The van der Waals surface area contributed by atoms with Gasteiger partial charge in [-0.05, 0) is 23.7 Å². The van der Waals surface area contributed by atoms with Crippen molar-refractivity contribution in [2.45, 2.75) is 0 Å². The van der Waals surface area contributed by atoms with Gasteiger partial charge in [0.15, 0.2) is 0 Å². The molecule has 0 spiro atoms. The van der Waals surface area contributed by atoms with E-state index in [2.05, 4.69) is 4.98 Å². The van der Waals surface area contributed by atoms with Gasteiger partial charge in [0.1, 0.15) is 0 Å². The summed E-state index contributed by atoms with van der Waals surface area (Å²) in [6.45, 7) is 0. The molecule has 0 radical (unpaired) electrons. The van der Waals surface area contributed by atoms with Gasteiger partial charge in [-0.25, -0.2) is 4.98 Å². The number of carbonyl (C=O) groups excluding carboxylic acids is 1. The Labute approximate surface area is 81.1 Å². The lowest BCUT2D eigenvalue weighted by atomic mass is 10.3. The monoisotopic (exact) mass is 207 g/mol. The molecular formula is C7H7Cl2NO2. The maximum absolute atomic E-state index is 10.7. The molecule has 0 fully saturated rings. The van der Waals surface area contributed by atoms with Gasteiger partial charge in [-0.2, -0.15) is 0 Å². The number of methoxy groups -OCH3 is 1. The highest BCUT2D eigenvalue weighted by Gasteiger charge is 2.08. The van der Waals surface area contributed by atoms with Crippen molar-refractivity contribution < 1.29 is 9.53 Å². The highest BCUT2D eigenvalue weighted by Crippen LogP contribution is 2.15. The van der Waals surface area contributed by atoms with Crippen LogP contribution in [0.15, 0.2) is 18.3 Å².